The van der Waals surface area contributed by atoms with E-state index in [2.05, 4.69) is 46.0 Å². The van der Waals surface area contributed by atoms with Crippen molar-refractivity contribution in [1.82, 2.24) is 24.6 Å². The van der Waals surface area contributed by atoms with Crippen LogP contribution in [0.1, 0.15) is 42.1 Å². The van der Waals surface area contributed by atoms with Crippen LogP contribution in [0.2, 0.25) is 0 Å². The van der Waals surface area contributed by atoms with Crippen molar-refractivity contribution in [2.75, 3.05) is 25.4 Å². The van der Waals surface area contributed by atoms with Gasteiger partial charge in [0.25, 0.3) is 5.91 Å². The average Bonchev–Trinajstić information content (AvgIpc) is 3.41. The largest absolute Gasteiger partial charge is 0.339 e. The van der Waals surface area contributed by atoms with E-state index in [-0.39, 0.29) is 17.9 Å². The summed E-state index contributed by atoms with van der Waals surface area (Å²) in [4.78, 5) is 29.4. The van der Waals surface area contributed by atoms with Gasteiger partial charge in [-0.05, 0) is 57.0 Å². The molecule has 0 radical (unpaired) electrons. The molecule has 0 spiro atoms. The van der Waals surface area contributed by atoms with E-state index in [0.29, 0.717) is 31.6 Å². The van der Waals surface area contributed by atoms with Crippen molar-refractivity contribution >= 4 is 23.6 Å². The average molecular weight is 572 g/mol. The summed E-state index contributed by atoms with van der Waals surface area (Å²) in [5, 5.41) is 9.83. The number of aryl methyl sites for hydroxylation is 1. The number of carbonyl (C=O) groups excluding carboxylic acids is 2. The highest BCUT2D eigenvalue weighted by molar-refractivity contribution is 7.99. The SMILES string of the molecule is Cc1ccc(-n2c(SCCCCC(=O)N3CCN(C(=O)c4cccc(F)c4)C(C)C3)nnc2-c2ccccc2)cc1. The van der Waals surface area contributed by atoms with E-state index in [9.17, 15) is 14.0 Å². The summed E-state index contributed by atoms with van der Waals surface area (Å²) in [5.41, 5.74) is 3.55. The quantitative estimate of drug-likeness (QED) is 0.182. The Labute approximate surface area is 244 Å². The first-order chi connectivity index (χ1) is 19.9. The van der Waals surface area contributed by atoms with Gasteiger partial charge in [-0.1, -0.05) is 65.9 Å². The summed E-state index contributed by atoms with van der Waals surface area (Å²) in [6.07, 6.45) is 2.10. The van der Waals surface area contributed by atoms with Crippen LogP contribution < -0.4 is 0 Å². The van der Waals surface area contributed by atoms with Crippen molar-refractivity contribution in [3.63, 3.8) is 0 Å². The molecule has 5 rings (SSSR count). The van der Waals surface area contributed by atoms with Crippen LogP contribution in [0.15, 0.2) is 84.0 Å². The van der Waals surface area contributed by atoms with Gasteiger partial charge in [-0.3, -0.25) is 14.2 Å². The Morgan fingerprint density at radius 1 is 0.951 bits per heavy atom. The third-order valence-corrected chi connectivity index (χ3v) is 8.30. The van der Waals surface area contributed by atoms with Crippen molar-refractivity contribution in [2.24, 2.45) is 0 Å². The van der Waals surface area contributed by atoms with Crippen LogP contribution in [-0.2, 0) is 4.79 Å². The van der Waals surface area contributed by atoms with Crippen LogP contribution in [0.25, 0.3) is 17.1 Å². The Bertz CT molecular complexity index is 1490. The van der Waals surface area contributed by atoms with Crippen molar-refractivity contribution in [2.45, 2.75) is 44.3 Å². The van der Waals surface area contributed by atoms with E-state index >= 15 is 0 Å². The molecule has 1 aliphatic rings. The molecule has 1 fully saturated rings. The van der Waals surface area contributed by atoms with E-state index < -0.39 is 5.82 Å². The number of carbonyl (C=O) groups is 2. The fraction of sp³-hybridized carbons (Fsp3) is 0.312. The molecule has 0 N–H and O–H groups in total. The standard InChI is InChI=1S/C32H34FN5O2S/c1-23-14-16-28(17-15-23)38-30(25-9-4-3-5-10-25)34-35-32(38)41-20-7-6-13-29(39)36-18-19-37(24(2)22-36)31(40)26-11-8-12-27(33)21-26/h3-5,8-12,14-17,21,24H,6-7,13,18-20,22H2,1-2H3. The molecule has 1 unspecified atom stereocenters. The first-order valence-corrected chi connectivity index (χ1v) is 14.9. The van der Waals surface area contributed by atoms with Crippen LogP contribution in [0.4, 0.5) is 4.39 Å². The van der Waals surface area contributed by atoms with E-state index in [1.54, 1.807) is 28.8 Å². The van der Waals surface area contributed by atoms with Gasteiger partial charge in [-0.25, -0.2) is 4.39 Å². The highest BCUT2D eigenvalue weighted by Gasteiger charge is 2.30. The molecule has 9 heteroatoms. The number of hydrogen-bond donors (Lipinski definition) is 0. The molecule has 4 aromatic rings. The number of hydrogen-bond acceptors (Lipinski definition) is 5. The summed E-state index contributed by atoms with van der Waals surface area (Å²) < 4.78 is 15.7. The fourth-order valence-electron chi connectivity index (χ4n) is 5.04. The molecular formula is C32H34FN5O2S. The van der Waals surface area contributed by atoms with E-state index in [0.717, 1.165) is 40.8 Å². The molecule has 1 aromatic heterocycles. The summed E-state index contributed by atoms with van der Waals surface area (Å²) in [5.74, 6) is 1.10. The van der Waals surface area contributed by atoms with Gasteiger partial charge in [-0.2, -0.15) is 0 Å². The Morgan fingerprint density at radius 3 is 2.46 bits per heavy atom. The van der Waals surface area contributed by atoms with Gasteiger partial charge in [0.15, 0.2) is 11.0 Å². The lowest BCUT2D eigenvalue weighted by Crippen LogP contribution is -2.55. The van der Waals surface area contributed by atoms with E-state index in [1.165, 1.54) is 17.7 Å². The molecule has 3 aromatic carbocycles. The van der Waals surface area contributed by atoms with Crippen LogP contribution in [0.3, 0.4) is 0 Å². The summed E-state index contributed by atoms with van der Waals surface area (Å²) in [7, 11) is 0. The Kier molecular flexibility index (Phi) is 9.14. The van der Waals surface area contributed by atoms with Crippen LogP contribution in [-0.4, -0.2) is 67.8 Å². The van der Waals surface area contributed by atoms with Gasteiger partial charge in [0.1, 0.15) is 5.82 Å². The topological polar surface area (TPSA) is 71.3 Å². The molecule has 2 amide bonds. The minimum absolute atomic E-state index is 0.105. The number of amides is 2. The van der Waals surface area contributed by atoms with Crippen LogP contribution in [0, 0.1) is 12.7 Å². The maximum atomic E-state index is 13.6. The van der Waals surface area contributed by atoms with E-state index in [1.807, 2.05) is 42.2 Å². The molecule has 0 aliphatic carbocycles. The third-order valence-electron chi connectivity index (χ3n) is 7.29. The zero-order chi connectivity index (χ0) is 28.8. The predicted octanol–water partition coefficient (Wildman–Crippen LogP) is 6.02. The summed E-state index contributed by atoms with van der Waals surface area (Å²) in [6.45, 7) is 5.41. The first-order valence-electron chi connectivity index (χ1n) is 14.0. The fourth-order valence-corrected chi connectivity index (χ4v) is 5.99. The minimum atomic E-state index is -0.428. The van der Waals surface area contributed by atoms with Gasteiger partial charge >= 0.3 is 0 Å². The second kappa shape index (κ2) is 13.1. The molecule has 41 heavy (non-hydrogen) atoms. The molecule has 1 saturated heterocycles. The lowest BCUT2D eigenvalue weighted by molar-refractivity contribution is -0.133. The lowest BCUT2D eigenvalue weighted by Gasteiger charge is -2.40. The van der Waals surface area contributed by atoms with Gasteiger partial charge in [0.05, 0.1) is 0 Å². The summed E-state index contributed by atoms with van der Waals surface area (Å²) in [6, 6.07) is 24.0. The molecular weight excluding hydrogens is 537 g/mol. The Morgan fingerprint density at radius 2 is 1.73 bits per heavy atom. The molecule has 7 nitrogen and oxygen atoms in total. The number of thioether (sulfide) groups is 1. The molecule has 0 saturated carbocycles. The smallest absolute Gasteiger partial charge is 0.254 e. The molecule has 1 atom stereocenters. The number of benzene rings is 3. The normalized spacial score (nSPS) is 15.2. The number of aromatic nitrogens is 3. The number of piperazine rings is 1. The molecule has 1 aliphatic heterocycles. The summed E-state index contributed by atoms with van der Waals surface area (Å²) >= 11 is 1.65. The van der Waals surface area contributed by atoms with Crippen molar-refractivity contribution in [3.8, 4) is 17.1 Å². The third kappa shape index (κ3) is 6.85. The zero-order valence-corrected chi connectivity index (χ0v) is 24.2. The first kappa shape index (κ1) is 28.5. The second-order valence-electron chi connectivity index (χ2n) is 10.3. The zero-order valence-electron chi connectivity index (χ0n) is 23.4. The van der Waals surface area contributed by atoms with Crippen LogP contribution in [0.5, 0.6) is 0 Å². The Hall–Kier alpha value is -3.98. The monoisotopic (exact) mass is 571 g/mol. The molecule has 2 heterocycles. The number of halogens is 1. The molecule has 0 bridgehead atoms. The van der Waals surface area contributed by atoms with Crippen LogP contribution >= 0.6 is 11.8 Å². The predicted molar refractivity (Wildman–Crippen MR) is 160 cm³/mol. The minimum Gasteiger partial charge on any atom is -0.339 e. The number of rotatable bonds is 9. The number of nitrogens with zero attached hydrogens (tertiary/aromatic N) is 5. The second-order valence-corrected chi connectivity index (χ2v) is 11.4. The van der Waals surface area contributed by atoms with Gasteiger partial charge < -0.3 is 9.80 Å². The highest BCUT2D eigenvalue weighted by Crippen LogP contribution is 2.29. The maximum Gasteiger partial charge on any atom is 0.254 e. The molecule has 212 valence electrons. The van der Waals surface area contributed by atoms with Crippen molar-refractivity contribution in [3.05, 3.63) is 95.8 Å². The van der Waals surface area contributed by atoms with Crippen molar-refractivity contribution in [1.29, 1.82) is 0 Å². The van der Waals surface area contributed by atoms with E-state index in [4.69, 9.17) is 0 Å². The van der Waals surface area contributed by atoms with Gasteiger partial charge in [-0.15, -0.1) is 10.2 Å². The highest BCUT2D eigenvalue weighted by atomic mass is 32.2. The number of unbranched alkanes of at least 4 members (excludes halogenated alkanes) is 1. The maximum absolute atomic E-state index is 13.6. The van der Waals surface area contributed by atoms with Gasteiger partial charge in [0.2, 0.25) is 5.91 Å². The lowest BCUT2D eigenvalue weighted by atomic mass is 10.1. The van der Waals surface area contributed by atoms with Crippen molar-refractivity contribution < 1.29 is 14.0 Å². The van der Waals surface area contributed by atoms with Gasteiger partial charge in [0, 0.05) is 54.7 Å². The Balaban J connectivity index is 1.13.